The maximum Gasteiger partial charge on any atom is 0.263 e. The molecule has 0 bridgehead atoms. The van der Waals surface area contributed by atoms with Gasteiger partial charge < -0.3 is 10.6 Å². The van der Waals surface area contributed by atoms with Crippen molar-refractivity contribution in [1.82, 2.24) is 19.7 Å². The van der Waals surface area contributed by atoms with Gasteiger partial charge in [-0.15, -0.1) is 0 Å². The van der Waals surface area contributed by atoms with Gasteiger partial charge in [0.25, 0.3) is 5.56 Å². The number of aromatic amines is 1. The zero-order valence-electron chi connectivity index (χ0n) is 16.7. The quantitative estimate of drug-likeness (QED) is 0.607. The molecule has 1 aromatic carbocycles. The molecule has 0 spiro atoms. The SMILES string of the molecule is CCCC(=O)Nc1cccc(CNc2nc3c(cnn3C(C)(C)C)c(=O)[nH]2)c1. The van der Waals surface area contributed by atoms with Crippen LogP contribution < -0.4 is 16.2 Å². The average Bonchev–Trinajstić information content (AvgIpc) is 3.05. The van der Waals surface area contributed by atoms with Crippen LogP contribution in [0, 0.1) is 0 Å². The van der Waals surface area contributed by atoms with Gasteiger partial charge in [-0.1, -0.05) is 19.1 Å². The lowest BCUT2D eigenvalue weighted by Gasteiger charge is -2.19. The van der Waals surface area contributed by atoms with Crippen LogP contribution in [0.2, 0.25) is 0 Å². The summed E-state index contributed by atoms with van der Waals surface area (Å²) in [5.74, 6) is 0.378. The fraction of sp³-hybridized carbons (Fsp3) is 0.400. The maximum absolute atomic E-state index is 12.4. The molecule has 1 amide bonds. The molecular formula is C20H26N6O2. The molecule has 3 rings (SSSR count). The monoisotopic (exact) mass is 382 g/mol. The first kappa shape index (κ1) is 19.6. The van der Waals surface area contributed by atoms with Crippen LogP contribution in [0.4, 0.5) is 11.6 Å². The molecule has 2 aromatic heterocycles. The average molecular weight is 382 g/mol. The number of H-pyrrole nitrogens is 1. The Labute approximate surface area is 163 Å². The highest BCUT2D eigenvalue weighted by Gasteiger charge is 2.19. The van der Waals surface area contributed by atoms with Crippen LogP contribution >= 0.6 is 0 Å². The highest BCUT2D eigenvalue weighted by Crippen LogP contribution is 2.19. The molecule has 0 saturated carbocycles. The van der Waals surface area contributed by atoms with Gasteiger partial charge in [0.2, 0.25) is 11.9 Å². The predicted molar refractivity (Wildman–Crippen MR) is 110 cm³/mol. The van der Waals surface area contributed by atoms with Crippen molar-refractivity contribution in [3.63, 3.8) is 0 Å². The van der Waals surface area contributed by atoms with E-state index in [2.05, 4.69) is 25.7 Å². The summed E-state index contributed by atoms with van der Waals surface area (Å²) < 4.78 is 1.74. The van der Waals surface area contributed by atoms with E-state index in [0.717, 1.165) is 17.7 Å². The van der Waals surface area contributed by atoms with Crippen LogP contribution in [-0.4, -0.2) is 25.7 Å². The molecule has 0 saturated heterocycles. The Morgan fingerprint density at radius 1 is 1.29 bits per heavy atom. The standard InChI is InChI=1S/C20H26N6O2/c1-5-7-16(27)23-14-9-6-8-13(10-14)11-21-19-24-17-15(18(28)25-19)12-22-26(17)20(2,3)4/h6,8-10,12H,5,7,11H2,1-4H3,(H,23,27)(H2,21,24,25,28). The van der Waals surface area contributed by atoms with E-state index < -0.39 is 0 Å². The molecule has 0 radical (unpaired) electrons. The maximum atomic E-state index is 12.4. The zero-order chi connectivity index (χ0) is 20.3. The Morgan fingerprint density at radius 3 is 2.79 bits per heavy atom. The van der Waals surface area contributed by atoms with Gasteiger partial charge in [0.15, 0.2) is 5.65 Å². The summed E-state index contributed by atoms with van der Waals surface area (Å²) in [6.07, 6.45) is 2.84. The van der Waals surface area contributed by atoms with Crippen LogP contribution in [-0.2, 0) is 16.9 Å². The highest BCUT2D eigenvalue weighted by molar-refractivity contribution is 5.90. The number of carbonyl (C=O) groups is 1. The molecular weight excluding hydrogens is 356 g/mol. The minimum Gasteiger partial charge on any atom is -0.352 e. The summed E-state index contributed by atoms with van der Waals surface area (Å²) in [5, 5.41) is 10.8. The van der Waals surface area contributed by atoms with Crippen molar-refractivity contribution >= 4 is 28.6 Å². The van der Waals surface area contributed by atoms with Gasteiger partial charge in [0.05, 0.1) is 11.7 Å². The number of anilines is 2. The summed E-state index contributed by atoms with van der Waals surface area (Å²) in [5.41, 5.74) is 1.73. The molecule has 2 heterocycles. The van der Waals surface area contributed by atoms with E-state index in [4.69, 9.17) is 0 Å². The van der Waals surface area contributed by atoms with Gasteiger partial charge in [-0.05, 0) is 44.9 Å². The molecule has 3 aromatic rings. The van der Waals surface area contributed by atoms with Crippen molar-refractivity contribution < 1.29 is 4.79 Å². The molecule has 8 heteroatoms. The van der Waals surface area contributed by atoms with Crippen molar-refractivity contribution in [2.24, 2.45) is 0 Å². The van der Waals surface area contributed by atoms with Crippen LogP contribution in [0.1, 0.15) is 46.1 Å². The van der Waals surface area contributed by atoms with Gasteiger partial charge in [0, 0.05) is 18.7 Å². The molecule has 0 aliphatic rings. The minimum absolute atomic E-state index is 0.000463. The van der Waals surface area contributed by atoms with E-state index in [-0.39, 0.29) is 17.0 Å². The fourth-order valence-electron chi connectivity index (χ4n) is 2.89. The molecule has 3 N–H and O–H groups in total. The first-order valence-corrected chi connectivity index (χ1v) is 9.39. The summed E-state index contributed by atoms with van der Waals surface area (Å²) in [4.78, 5) is 31.4. The van der Waals surface area contributed by atoms with Crippen LogP contribution in [0.15, 0.2) is 35.3 Å². The number of rotatable bonds is 6. The predicted octanol–water partition coefficient (Wildman–Crippen LogP) is 3.23. The van der Waals surface area contributed by atoms with Crippen LogP contribution in [0.3, 0.4) is 0 Å². The summed E-state index contributed by atoms with van der Waals surface area (Å²) in [7, 11) is 0. The Morgan fingerprint density at radius 2 is 2.07 bits per heavy atom. The first-order chi connectivity index (χ1) is 13.3. The van der Waals surface area contributed by atoms with E-state index in [1.807, 2.05) is 52.0 Å². The smallest absolute Gasteiger partial charge is 0.263 e. The van der Waals surface area contributed by atoms with E-state index in [1.54, 1.807) is 10.9 Å². The van der Waals surface area contributed by atoms with Crippen molar-refractivity contribution in [2.75, 3.05) is 10.6 Å². The minimum atomic E-state index is -0.287. The largest absolute Gasteiger partial charge is 0.352 e. The lowest BCUT2D eigenvalue weighted by atomic mass is 10.1. The van der Waals surface area contributed by atoms with Crippen LogP contribution in [0.5, 0.6) is 0 Å². The van der Waals surface area contributed by atoms with Crippen LogP contribution in [0.25, 0.3) is 11.0 Å². The highest BCUT2D eigenvalue weighted by atomic mass is 16.1. The van der Waals surface area contributed by atoms with E-state index in [9.17, 15) is 9.59 Å². The number of fused-ring (bicyclic) bond motifs is 1. The third-order valence-electron chi connectivity index (χ3n) is 4.22. The summed E-state index contributed by atoms with van der Waals surface area (Å²) in [6, 6.07) is 7.58. The zero-order valence-corrected chi connectivity index (χ0v) is 16.7. The Hall–Kier alpha value is -3.16. The lowest BCUT2D eigenvalue weighted by Crippen LogP contribution is -2.24. The number of carbonyl (C=O) groups excluding carboxylic acids is 1. The van der Waals surface area contributed by atoms with E-state index in [0.29, 0.717) is 29.9 Å². The number of amides is 1. The Kier molecular flexibility index (Phi) is 5.48. The molecule has 0 unspecified atom stereocenters. The molecule has 0 aliphatic carbocycles. The normalized spacial score (nSPS) is 11.6. The molecule has 0 fully saturated rings. The molecule has 0 aliphatic heterocycles. The van der Waals surface area contributed by atoms with Crippen molar-refractivity contribution in [3.8, 4) is 0 Å². The Bertz CT molecular complexity index is 1040. The molecule has 8 nitrogen and oxygen atoms in total. The van der Waals surface area contributed by atoms with E-state index in [1.165, 1.54) is 0 Å². The third-order valence-corrected chi connectivity index (χ3v) is 4.22. The van der Waals surface area contributed by atoms with Crippen molar-refractivity contribution in [2.45, 2.75) is 52.6 Å². The number of hydrogen-bond acceptors (Lipinski definition) is 5. The van der Waals surface area contributed by atoms with Crippen molar-refractivity contribution in [3.05, 3.63) is 46.4 Å². The lowest BCUT2D eigenvalue weighted by molar-refractivity contribution is -0.116. The second-order valence-corrected chi connectivity index (χ2v) is 7.73. The van der Waals surface area contributed by atoms with Gasteiger partial charge in [-0.2, -0.15) is 10.1 Å². The molecule has 0 atom stereocenters. The topological polar surface area (TPSA) is 105 Å². The van der Waals surface area contributed by atoms with Gasteiger partial charge >= 0.3 is 0 Å². The Balaban J connectivity index is 1.79. The molecule has 28 heavy (non-hydrogen) atoms. The van der Waals surface area contributed by atoms with Crippen molar-refractivity contribution in [1.29, 1.82) is 0 Å². The number of hydrogen-bond donors (Lipinski definition) is 3. The second-order valence-electron chi connectivity index (χ2n) is 7.73. The third kappa shape index (κ3) is 4.39. The summed E-state index contributed by atoms with van der Waals surface area (Å²) in [6.45, 7) is 8.45. The van der Waals surface area contributed by atoms with Gasteiger partial charge in [-0.3, -0.25) is 14.6 Å². The number of nitrogens with zero attached hydrogens (tertiary/aromatic N) is 3. The second kappa shape index (κ2) is 7.84. The number of nitrogens with one attached hydrogen (secondary N) is 3. The number of benzene rings is 1. The fourth-order valence-corrected chi connectivity index (χ4v) is 2.89. The summed E-state index contributed by atoms with van der Waals surface area (Å²) >= 11 is 0. The van der Waals surface area contributed by atoms with Gasteiger partial charge in [-0.25, -0.2) is 4.68 Å². The first-order valence-electron chi connectivity index (χ1n) is 9.39. The number of aromatic nitrogens is 4. The van der Waals surface area contributed by atoms with Gasteiger partial charge in [0.1, 0.15) is 5.39 Å². The molecule has 148 valence electrons. The van der Waals surface area contributed by atoms with E-state index >= 15 is 0 Å².